The second-order valence-electron chi connectivity index (χ2n) is 3.81. The van der Waals surface area contributed by atoms with Gasteiger partial charge in [0.15, 0.2) is 0 Å². The summed E-state index contributed by atoms with van der Waals surface area (Å²) in [6, 6.07) is 0. The summed E-state index contributed by atoms with van der Waals surface area (Å²) in [5.74, 6) is 0.384. The van der Waals surface area contributed by atoms with Crippen LogP contribution in [0.1, 0.15) is 26.2 Å². The van der Waals surface area contributed by atoms with Crippen LogP contribution in [0, 0.1) is 11.8 Å². The molecule has 0 radical (unpaired) electrons. The highest BCUT2D eigenvalue weighted by molar-refractivity contribution is 6.08. The standard InChI is InChI=1S/C10H12O2/c1-6-2-3-7-8(4-6)10(12)5-9(7)11/h2,7-8H,3-5H2,1H3. The third kappa shape index (κ3) is 1.02. The number of carbonyl (C=O) groups excluding carboxylic acids is 2. The van der Waals surface area contributed by atoms with Crippen LogP contribution in [0.25, 0.3) is 0 Å². The van der Waals surface area contributed by atoms with E-state index in [1.807, 2.05) is 6.92 Å². The van der Waals surface area contributed by atoms with Crippen molar-refractivity contribution in [3.8, 4) is 0 Å². The number of allylic oxidation sites excluding steroid dienone is 2. The van der Waals surface area contributed by atoms with Crippen molar-refractivity contribution in [2.45, 2.75) is 26.2 Å². The summed E-state index contributed by atoms with van der Waals surface area (Å²) in [4.78, 5) is 22.6. The Kier molecular flexibility index (Phi) is 1.63. The van der Waals surface area contributed by atoms with Crippen LogP contribution in [0.5, 0.6) is 0 Å². The summed E-state index contributed by atoms with van der Waals surface area (Å²) >= 11 is 0. The fourth-order valence-electron chi connectivity index (χ4n) is 2.19. The van der Waals surface area contributed by atoms with Crippen molar-refractivity contribution in [1.29, 1.82) is 0 Å². The number of rotatable bonds is 0. The van der Waals surface area contributed by atoms with Gasteiger partial charge in [-0.2, -0.15) is 0 Å². The lowest BCUT2D eigenvalue weighted by Crippen LogP contribution is -2.20. The number of hydrogen-bond donors (Lipinski definition) is 0. The van der Waals surface area contributed by atoms with Crippen molar-refractivity contribution in [3.63, 3.8) is 0 Å². The number of carbonyl (C=O) groups is 2. The third-order valence-corrected chi connectivity index (χ3v) is 2.92. The first-order valence-electron chi connectivity index (χ1n) is 4.39. The SMILES string of the molecule is CC1=CCC2C(=O)CC(=O)C2C1. The lowest BCUT2D eigenvalue weighted by molar-refractivity contribution is -0.122. The molecule has 0 heterocycles. The summed E-state index contributed by atoms with van der Waals surface area (Å²) in [7, 11) is 0. The zero-order valence-corrected chi connectivity index (χ0v) is 7.17. The predicted octanol–water partition coefficient (Wildman–Crippen LogP) is 1.50. The van der Waals surface area contributed by atoms with Gasteiger partial charge >= 0.3 is 0 Å². The van der Waals surface area contributed by atoms with E-state index in [1.165, 1.54) is 5.57 Å². The van der Waals surface area contributed by atoms with Gasteiger partial charge in [0.05, 0.1) is 6.42 Å². The first-order chi connectivity index (χ1) is 5.68. The van der Waals surface area contributed by atoms with Gasteiger partial charge in [-0.25, -0.2) is 0 Å². The molecule has 0 saturated heterocycles. The molecular formula is C10H12O2. The fourth-order valence-corrected chi connectivity index (χ4v) is 2.19. The van der Waals surface area contributed by atoms with E-state index in [0.29, 0.717) is 0 Å². The second-order valence-corrected chi connectivity index (χ2v) is 3.81. The van der Waals surface area contributed by atoms with Gasteiger partial charge in [-0.05, 0) is 19.8 Å². The Morgan fingerprint density at radius 3 is 2.67 bits per heavy atom. The first kappa shape index (κ1) is 7.71. The van der Waals surface area contributed by atoms with Crippen molar-refractivity contribution in [1.82, 2.24) is 0 Å². The maximum atomic E-state index is 11.3. The molecule has 2 nitrogen and oxygen atoms in total. The lowest BCUT2D eigenvalue weighted by atomic mass is 9.82. The minimum atomic E-state index is 0.0289. The van der Waals surface area contributed by atoms with Crippen LogP contribution < -0.4 is 0 Å². The lowest BCUT2D eigenvalue weighted by Gasteiger charge is -2.20. The van der Waals surface area contributed by atoms with Gasteiger partial charge < -0.3 is 0 Å². The van der Waals surface area contributed by atoms with Crippen LogP contribution in [0.3, 0.4) is 0 Å². The molecular weight excluding hydrogens is 152 g/mol. The minimum Gasteiger partial charge on any atom is -0.299 e. The van der Waals surface area contributed by atoms with Gasteiger partial charge in [-0.1, -0.05) is 11.6 Å². The maximum absolute atomic E-state index is 11.3. The average molecular weight is 164 g/mol. The summed E-state index contributed by atoms with van der Waals surface area (Å²) in [5, 5.41) is 0. The number of ketones is 2. The van der Waals surface area contributed by atoms with Crippen molar-refractivity contribution >= 4 is 11.6 Å². The van der Waals surface area contributed by atoms with E-state index in [-0.39, 0.29) is 29.8 Å². The summed E-state index contributed by atoms with van der Waals surface area (Å²) < 4.78 is 0. The molecule has 0 N–H and O–H groups in total. The van der Waals surface area contributed by atoms with E-state index in [9.17, 15) is 9.59 Å². The smallest absolute Gasteiger partial charge is 0.144 e. The molecule has 2 aliphatic carbocycles. The van der Waals surface area contributed by atoms with Gasteiger partial charge in [0.1, 0.15) is 11.6 Å². The van der Waals surface area contributed by atoms with Crippen LogP contribution in [0.2, 0.25) is 0 Å². The monoisotopic (exact) mass is 164 g/mol. The number of hydrogen-bond acceptors (Lipinski definition) is 2. The Morgan fingerprint density at radius 2 is 1.92 bits per heavy atom. The van der Waals surface area contributed by atoms with Crippen molar-refractivity contribution in [2.24, 2.45) is 11.8 Å². The summed E-state index contributed by atoms with van der Waals surface area (Å²) in [6.45, 7) is 2.03. The quantitative estimate of drug-likeness (QED) is 0.401. The second kappa shape index (κ2) is 2.54. The molecule has 0 aliphatic heterocycles. The zero-order valence-electron chi connectivity index (χ0n) is 7.17. The first-order valence-corrected chi connectivity index (χ1v) is 4.39. The maximum Gasteiger partial charge on any atom is 0.144 e. The molecule has 12 heavy (non-hydrogen) atoms. The van der Waals surface area contributed by atoms with Crippen LogP contribution in [0.15, 0.2) is 11.6 Å². The molecule has 0 aromatic carbocycles. The Hall–Kier alpha value is -0.920. The van der Waals surface area contributed by atoms with E-state index < -0.39 is 0 Å². The highest BCUT2D eigenvalue weighted by atomic mass is 16.2. The average Bonchev–Trinajstić information content (AvgIpc) is 2.28. The third-order valence-electron chi connectivity index (χ3n) is 2.92. The molecule has 2 heteroatoms. The molecule has 2 rings (SSSR count). The molecule has 1 saturated carbocycles. The largest absolute Gasteiger partial charge is 0.299 e. The normalized spacial score (nSPS) is 34.9. The topological polar surface area (TPSA) is 34.1 Å². The van der Waals surface area contributed by atoms with E-state index in [2.05, 4.69) is 6.08 Å². The Bertz CT molecular complexity index is 276. The molecule has 0 amide bonds. The highest BCUT2D eigenvalue weighted by Crippen LogP contribution is 2.37. The summed E-state index contributed by atoms with van der Waals surface area (Å²) in [5.41, 5.74) is 1.26. The van der Waals surface area contributed by atoms with Gasteiger partial charge in [0, 0.05) is 11.8 Å². The molecule has 0 aromatic rings. The van der Waals surface area contributed by atoms with Gasteiger partial charge in [-0.3, -0.25) is 9.59 Å². The summed E-state index contributed by atoms with van der Waals surface area (Å²) in [6.07, 6.45) is 3.89. The minimum absolute atomic E-state index is 0.0289. The Morgan fingerprint density at radius 1 is 1.25 bits per heavy atom. The molecule has 2 unspecified atom stereocenters. The molecule has 2 atom stereocenters. The van der Waals surface area contributed by atoms with Crippen molar-refractivity contribution < 1.29 is 9.59 Å². The Labute approximate surface area is 71.6 Å². The molecule has 2 aliphatic rings. The van der Waals surface area contributed by atoms with Crippen LogP contribution in [-0.4, -0.2) is 11.6 Å². The van der Waals surface area contributed by atoms with Crippen molar-refractivity contribution in [2.75, 3.05) is 0 Å². The number of Topliss-reactive ketones (excluding diaryl/α,β-unsaturated/α-hetero) is 2. The van der Waals surface area contributed by atoms with E-state index in [1.54, 1.807) is 0 Å². The molecule has 0 spiro atoms. The van der Waals surface area contributed by atoms with Crippen LogP contribution in [0.4, 0.5) is 0 Å². The predicted molar refractivity (Wildman–Crippen MR) is 44.6 cm³/mol. The fraction of sp³-hybridized carbons (Fsp3) is 0.600. The number of fused-ring (bicyclic) bond motifs is 1. The van der Waals surface area contributed by atoms with E-state index in [0.717, 1.165) is 12.8 Å². The van der Waals surface area contributed by atoms with E-state index in [4.69, 9.17) is 0 Å². The Balaban J connectivity index is 2.27. The highest BCUT2D eigenvalue weighted by Gasteiger charge is 2.41. The van der Waals surface area contributed by atoms with Gasteiger partial charge in [-0.15, -0.1) is 0 Å². The van der Waals surface area contributed by atoms with Crippen LogP contribution >= 0.6 is 0 Å². The van der Waals surface area contributed by atoms with Crippen LogP contribution in [-0.2, 0) is 9.59 Å². The van der Waals surface area contributed by atoms with Gasteiger partial charge in [0.2, 0.25) is 0 Å². The molecule has 64 valence electrons. The molecule has 0 aromatic heterocycles. The van der Waals surface area contributed by atoms with Gasteiger partial charge in [0.25, 0.3) is 0 Å². The molecule has 0 bridgehead atoms. The molecule has 1 fully saturated rings. The van der Waals surface area contributed by atoms with Crippen molar-refractivity contribution in [3.05, 3.63) is 11.6 Å². The van der Waals surface area contributed by atoms with E-state index >= 15 is 0 Å². The zero-order chi connectivity index (χ0) is 8.72.